The lowest BCUT2D eigenvalue weighted by Crippen LogP contribution is -2.60. The Balaban J connectivity index is 1.58. The molecule has 1 saturated carbocycles. The number of amides is 1. The predicted molar refractivity (Wildman–Crippen MR) is 130 cm³/mol. The average Bonchev–Trinajstić information content (AvgIpc) is 3.53. The van der Waals surface area contributed by atoms with Crippen LogP contribution in [0.1, 0.15) is 58.9 Å². The molecule has 0 N–H and O–H groups in total. The van der Waals surface area contributed by atoms with Crippen LogP contribution in [0.3, 0.4) is 0 Å². The number of hydrogen-bond acceptors (Lipinski definition) is 3. The summed E-state index contributed by atoms with van der Waals surface area (Å²) in [6.45, 7) is 11.7. The molecule has 1 amide bonds. The number of halogens is 1. The molecule has 1 aromatic carbocycles. The van der Waals surface area contributed by atoms with Crippen LogP contribution in [0.2, 0.25) is 0 Å². The Morgan fingerprint density at radius 1 is 1.09 bits per heavy atom. The molecule has 33 heavy (non-hydrogen) atoms. The molecule has 5 rings (SSSR count). The van der Waals surface area contributed by atoms with Crippen LogP contribution < -0.4 is 4.90 Å². The van der Waals surface area contributed by atoms with Gasteiger partial charge in [-0.25, -0.2) is 9.37 Å². The molecule has 1 aliphatic carbocycles. The first kappa shape index (κ1) is 21.9. The van der Waals surface area contributed by atoms with Gasteiger partial charge >= 0.3 is 0 Å². The molecule has 0 radical (unpaired) electrons. The molecule has 2 atom stereocenters. The second-order valence-corrected chi connectivity index (χ2v) is 10.8. The van der Waals surface area contributed by atoms with Gasteiger partial charge in [0, 0.05) is 54.1 Å². The number of aromatic nitrogens is 2. The standard InChI is InChI=1S/C27H33FN4O/c1-17-15-31(26(33)27(3,4)5)18(2)14-30(17)25-24-22(19-9-10-19)16-32(23(24)11-12-29-25)21-8-6-7-20(28)13-21/h6-8,11-13,16-19H,9-10,14-15H2,1-5H3/t17-,18+/m0/s1. The second kappa shape index (κ2) is 7.86. The maximum absolute atomic E-state index is 14.0. The summed E-state index contributed by atoms with van der Waals surface area (Å²) < 4.78 is 16.1. The van der Waals surface area contributed by atoms with Gasteiger partial charge in [-0.3, -0.25) is 4.79 Å². The van der Waals surface area contributed by atoms with Gasteiger partial charge in [-0.2, -0.15) is 0 Å². The van der Waals surface area contributed by atoms with Gasteiger partial charge in [0.05, 0.1) is 5.52 Å². The molecule has 1 aliphatic heterocycles. The summed E-state index contributed by atoms with van der Waals surface area (Å²) in [6, 6.07) is 9.03. The van der Waals surface area contributed by atoms with Crippen molar-refractivity contribution in [1.82, 2.24) is 14.5 Å². The highest BCUT2D eigenvalue weighted by atomic mass is 19.1. The molecule has 5 nitrogen and oxygen atoms in total. The first-order valence-electron chi connectivity index (χ1n) is 12.0. The lowest BCUT2D eigenvalue weighted by Gasteiger charge is -2.46. The van der Waals surface area contributed by atoms with E-state index in [1.54, 1.807) is 12.1 Å². The van der Waals surface area contributed by atoms with Crippen molar-refractivity contribution in [2.24, 2.45) is 5.41 Å². The largest absolute Gasteiger partial charge is 0.350 e. The first-order chi connectivity index (χ1) is 15.6. The number of fused-ring (bicyclic) bond motifs is 1. The first-order valence-corrected chi connectivity index (χ1v) is 12.0. The monoisotopic (exact) mass is 448 g/mol. The summed E-state index contributed by atoms with van der Waals surface area (Å²) in [5.74, 6) is 1.47. The molecule has 0 bridgehead atoms. The highest BCUT2D eigenvalue weighted by molar-refractivity contribution is 5.96. The molecule has 2 fully saturated rings. The molecule has 174 valence electrons. The lowest BCUT2D eigenvalue weighted by atomic mass is 9.92. The smallest absolute Gasteiger partial charge is 0.228 e. The molecule has 0 unspecified atom stereocenters. The fraction of sp³-hybridized carbons (Fsp3) is 0.481. The molecule has 2 aromatic heterocycles. The van der Waals surface area contributed by atoms with Gasteiger partial charge in [0.25, 0.3) is 0 Å². The van der Waals surface area contributed by atoms with Crippen molar-refractivity contribution in [2.75, 3.05) is 18.0 Å². The van der Waals surface area contributed by atoms with E-state index in [2.05, 4.69) is 29.5 Å². The minimum absolute atomic E-state index is 0.0969. The van der Waals surface area contributed by atoms with Crippen molar-refractivity contribution < 1.29 is 9.18 Å². The lowest BCUT2D eigenvalue weighted by molar-refractivity contribution is -0.142. The number of carbonyl (C=O) groups excluding carboxylic acids is 1. The van der Waals surface area contributed by atoms with Crippen molar-refractivity contribution in [3.05, 3.63) is 54.1 Å². The summed E-state index contributed by atoms with van der Waals surface area (Å²) in [5, 5.41) is 1.17. The number of carbonyl (C=O) groups is 1. The zero-order valence-electron chi connectivity index (χ0n) is 20.2. The quantitative estimate of drug-likeness (QED) is 0.530. The van der Waals surface area contributed by atoms with Crippen LogP contribution in [0.4, 0.5) is 10.2 Å². The fourth-order valence-corrected chi connectivity index (χ4v) is 5.09. The predicted octanol–water partition coefficient (Wildman–Crippen LogP) is 5.51. The number of nitrogens with zero attached hydrogens (tertiary/aromatic N) is 4. The summed E-state index contributed by atoms with van der Waals surface area (Å²) in [6.07, 6.45) is 6.39. The molecule has 3 aromatic rings. The molecule has 0 spiro atoms. The van der Waals surface area contributed by atoms with Crippen LogP contribution in [0.15, 0.2) is 42.7 Å². The third-order valence-corrected chi connectivity index (χ3v) is 6.99. The van der Waals surface area contributed by atoms with E-state index in [0.717, 1.165) is 23.6 Å². The SMILES string of the molecule is C[C@@H]1CN(c2nccc3c2c(C2CC2)cn3-c2cccc(F)c2)[C@@H](C)CN1C(=O)C(C)(C)C. The van der Waals surface area contributed by atoms with Gasteiger partial charge in [0.15, 0.2) is 0 Å². The van der Waals surface area contributed by atoms with Crippen molar-refractivity contribution in [1.29, 1.82) is 0 Å². The highest BCUT2D eigenvalue weighted by Crippen LogP contribution is 2.47. The van der Waals surface area contributed by atoms with E-state index in [4.69, 9.17) is 4.98 Å². The van der Waals surface area contributed by atoms with Crippen LogP contribution >= 0.6 is 0 Å². The van der Waals surface area contributed by atoms with Crippen LogP contribution in [0.5, 0.6) is 0 Å². The minimum Gasteiger partial charge on any atom is -0.350 e. The van der Waals surface area contributed by atoms with Crippen molar-refractivity contribution in [3.8, 4) is 5.69 Å². The van der Waals surface area contributed by atoms with Crippen LogP contribution in [-0.2, 0) is 4.79 Å². The molecule has 2 aliphatic rings. The third kappa shape index (κ3) is 3.90. The molecular weight excluding hydrogens is 415 g/mol. The van der Waals surface area contributed by atoms with E-state index in [1.165, 1.54) is 29.9 Å². The molecule has 1 saturated heterocycles. The average molecular weight is 449 g/mol. The summed E-state index contributed by atoms with van der Waals surface area (Å²) in [4.78, 5) is 22.3. The van der Waals surface area contributed by atoms with Crippen LogP contribution in [0, 0.1) is 11.2 Å². The maximum atomic E-state index is 14.0. The Labute approximate surface area is 195 Å². The highest BCUT2D eigenvalue weighted by Gasteiger charge is 2.38. The Morgan fingerprint density at radius 3 is 2.52 bits per heavy atom. The van der Waals surface area contributed by atoms with E-state index in [-0.39, 0.29) is 23.8 Å². The van der Waals surface area contributed by atoms with Crippen LogP contribution in [0.25, 0.3) is 16.6 Å². The second-order valence-electron chi connectivity index (χ2n) is 10.8. The number of anilines is 1. The molecule has 6 heteroatoms. The van der Waals surface area contributed by atoms with Gasteiger partial charge in [-0.1, -0.05) is 26.8 Å². The van der Waals surface area contributed by atoms with E-state index >= 15 is 0 Å². The van der Waals surface area contributed by atoms with Crippen LogP contribution in [-0.4, -0.2) is 45.5 Å². The van der Waals surface area contributed by atoms with Crippen molar-refractivity contribution >= 4 is 22.6 Å². The molecule has 3 heterocycles. The summed E-state index contributed by atoms with van der Waals surface area (Å²) >= 11 is 0. The van der Waals surface area contributed by atoms with E-state index in [1.807, 2.05) is 44.0 Å². The fourth-order valence-electron chi connectivity index (χ4n) is 5.09. The number of rotatable bonds is 3. The van der Waals surface area contributed by atoms with E-state index in [0.29, 0.717) is 12.5 Å². The summed E-state index contributed by atoms with van der Waals surface area (Å²) in [7, 11) is 0. The third-order valence-electron chi connectivity index (χ3n) is 6.99. The van der Waals surface area contributed by atoms with Gasteiger partial charge < -0.3 is 14.4 Å². The Kier molecular flexibility index (Phi) is 5.22. The number of hydrogen-bond donors (Lipinski definition) is 0. The summed E-state index contributed by atoms with van der Waals surface area (Å²) in [5.41, 5.74) is 2.78. The number of piperazine rings is 1. The zero-order valence-corrected chi connectivity index (χ0v) is 20.2. The Morgan fingerprint density at radius 2 is 1.85 bits per heavy atom. The Bertz CT molecular complexity index is 1210. The zero-order chi connectivity index (χ0) is 23.5. The maximum Gasteiger partial charge on any atom is 0.228 e. The number of pyridine rings is 1. The normalized spacial score (nSPS) is 21.6. The van der Waals surface area contributed by atoms with Gasteiger partial charge in [-0.05, 0) is 62.4 Å². The Hall–Kier alpha value is -2.89. The van der Waals surface area contributed by atoms with Crippen molar-refractivity contribution in [3.63, 3.8) is 0 Å². The van der Waals surface area contributed by atoms with E-state index < -0.39 is 5.41 Å². The molecular formula is C27H33FN4O. The van der Waals surface area contributed by atoms with Gasteiger partial charge in [0.1, 0.15) is 11.6 Å². The topological polar surface area (TPSA) is 41.4 Å². The number of benzene rings is 1. The van der Waals surface area contributed by atoms with E-state index in [9.17, 15) is 9.18 Å². The van der Waals surface area contributed by atoms with Crippen molar-refractivity contribution in [2.45, 2.75) is 65.5 Å². The van der Waals surface area contributed by atoms with Gasteiger partial charge in [0.2, 0.25) is 5.91 Å². The minimum atomic E-state index is -0.393. The van der Waals surface area contributed by atoms with Gasteiger partial charge in [-0.15, -0.1) is 0 Å².